The Hall–Kier alpha value is -1.42. The number of nitrogens with zero attached hydrogens (tertiary/aromatic N) is 2. The molecule has 0 aliphatic rings. The van der Waals surface area contributed by atoms with Gasteiger partial charge < -0.3 is 5.73 Å². The van der Waals surface area contributed by atoms with Crippen LogP contribution >= 0.6 is 11.3 Å². The lowest BCUT2D eigenvalue weighted by molar-refractivity contribution is 1.25. The summed E-state index contributed by atoms with van der Waals surface area (Å²) in [5, 5.41) is 1.71. The lowest BCUT2D eigenvalue weighted by atomic mass is 10.3. The monoisotopic (exact) mass is 191 g/mol. The van der Waals surface area contributed by atoms with Crippen LogP contribution in [0.2, 0.25) is 0 Å². The zero-order valence-corrected chi connectivity index (χ0v) is 8.01. The Morgan fingerprint density at radius 2 is 2.31 bits per heavy atom. The maximum absolute atomic E-state index is 5.71. The molecule has 0 amide bonds. The quantitative estimate of drug-likeness (QED) is 0.751. The first-order valence-electron chi connectivity index (χ1n) is 3.90. The molecule has 4 heteroatoms. The highest BCUT2D eigenvalue weighted by Crippen LogP contribution is 2.28. The van der Waals surface area contributed by atoms with Crippen LogP contribution in [0.5, 0.6) is 0 Å². The van der Waals surface area contributed by atoms with Gasteiger partial charge in [0.2, 0.25) is 0 Å². The van der Waals surface area contributed by atoms with Gasteiger partial charge >= 0.3 is 0 Å². The predicted octanol–water partition coefficient (Wildman–Crippen LogP) is 2.10. The molecule has 0 fully saturated rings. The molecular weight excluding hydrogens is 182 g/mol. The number of pyridine rings is 1. The Morgan fingerprint density at radius 3 is 2.85 bits per heavy atom. The van der Waals surface area contributed by atoms with Gasteiger partial charge in [0, 0.05) is 18.0 Å². The lowest BCUT2D eigenvalue weighted by Crippen LogP contribution is -1.81. The van der Waals surface area contributed by atoms with E-state index in [0.717, 1.165) is 21.3 Å². The van der Waals surface area contributed by atoms with Gasteiger partial charge in [0.25, 0.3) is 0 Å². The second kappa shape index (κ2) is 3.14. The van der Waals surface area contributed by atoms with Gasteiger partial charge in [0.15, 0.2) is 0 Å². The van der Waals surface area contributed by atoms with Crippen molar-refractivity contribution < 1.29 is 0 Å². The second-order valence-electron chi connectivity index (χ2n) is 2.71. The van der Waals surface area contributed by atoms with Crippen LogP contribution < -0.4 is 5.73 Å². The summed E-state index contributed by atoms with van der Waals surface area (Å²) in [5.74, 6) is 0. The predicted molar refractivity (Wildman–Crippen MR) is 54.5 cm³/mol. The van der Waals surface area contributed by atoms with Gasteiger partial charge in [0.05, 0.1) is 5.69 Å². The van der Waals surface area contributed by atoms with E-state index in [9.17, 15) is 0 Å². The zero-order valence-electron chi connectivity index (χ0n) is 7.19. The third-order valence-corrected chi connectivity index (χ3v) is 2.78. The second-order valence-corrected chi connectivity index (χ2v) is 3.74. The average molecular weight is 191 g/mol. The van der Waals surface area contributed by atoms with Gasteiger partial charge in [-0.1, -0.05) is 11.3 Å². The number of hydrogen-bond donors (Lipinski definition) is 1. The molecule has 0 unspecified atom stereocenters. The number of thiazole rings is 1. The van der Waals surface area contributed by atoms with Crippen LogP contribution in [0.15, 0.2) is 24.5 Å². The molecular formula is C9H9N3S. The van der Waals surface area contributed by atoms with E-state index in [0.29, 0.717) is 0 Å². The van der Waals surface area contributed by atoms with Crippen molar-refractivity contribution in [1.29, 1.82) is 0 Å². The summed E-state index contributed by atoms with van der Waals surface area (Å²) >= 11 is 1.49. The van der Waals surface area contributed by atoms with Gasteiger partial charge in [0.1, 0.15) is 10.0 Å². The first-order chi connectivity index (χ1) is 6.27. The fourth-order valence-corrected chi connectivity index (χ4v) is 1.84. The number of aryl methyl sites for hydroxylation is 1. The van der Waals surface area contributed by atoms with Crippen LogP contribution in [0, 0.1) is 6.92 Å². The standard InChI is InChI=1S/C9H9N3S/c1-6-8(10)13-9(12-6)7-3-2-4-11-5-7/h2-5H,10H2,1H3. The number of aromatic nitrogens is 2. The molecule has 13 heavy (non-hydrogen) atoms. The van der Waals surface area contributed by atoms with Gasteiger partial charge in [-0.2, -0.15) is 0 Å². The highest BCUT2D eigenvalue weighted by atomic mass is 32.1. The fourth-order valence-electron chi connectivity index (χ4n) is 1.02. The molecule has 0 radical (unpaired) electrons. The van der Waals surface area contributed by atoms with Crippen LogP contribution in [-0.2, 0) is 0 Å². The van der Waals surface area contributed by atoms with Crippen LogP contribution in [0.1, 0.15) is 5.69 Å². The third kappa shape index (κ3) is 1.53. The average Bonchev–Trinajstić information content (AvgIpc) is 2.49. The largest absolute Gasteiger partial charge is 0.389 e. The van der Waals surface area contributed by atoms with Crippen LogP contribution in [0.25, 0.3) is 10.6 Å². The van der Waals surface area contributed by atoms with Crippen LogP contribution in [0.3, 0.4) is 0 Å². The fraction of sp³-hybridized carbons (Fsp3) is 0.111. The van der Waals surface area contributed by atoms with Crippen molar-refractivity contribution in [3.05, 3.63) is 30.2 Å². The van der Waals surface area contributed by atoms with Crippen molar-refractivity contribution in [2.75, 3.05) is 5.73 Å². The summed E-state index contributed by atoms with van der Waals surface area (Å²) in [6.07, 6.45) is 3.53. The van der Waals surface area contributed by atoms with Crippen molar-refractivity contribution in [2.24, 2.45) is 0 Å². The van der Waals surface area contributed by atoms with E-state index in [1.165, 1.54) is 11.3 Å². The maximum Gasteiger partial charge on any atom is 0.127 e. The van der Waals surface area contributed by atoms with E-state index in [2.05, 4.69) is 9.97 Å². The lowest BCUT2D eigenvalue weighted by Gasteiger charge is -1.91. The molecule has 0 aliphatic heterocycles. The summed E-state index contributed by atoms with van der Waals surface area (Å²) in [5.41, 5.74) is 7.63. The molecule has 2 rings (SSSR count). The number of anilines is 1. The van der Waals surface area contributed by atoms with Crippen molar-refractivity contribution >= 4 is 16.3 Å². The van der Waals surface area contributed by atoms with Crippen LogP contribution in [-0.4, -0.2) is 9.97 Å². The van der Waals surface area contributed by atoms with Gasteiger partial charge in [-0.25, -0.2) is 4.98 Å². The summed E-state index contributed by atoms with van der Waals surface area (Å²) < 4.78 is 0. The summed E-state index contributed by atoms with van der Waals surface area (Å²) in [6, 6.07) is 3.87. The molecule has 0 aliphatic carbocycles. The Balaban J connectivity index is 2.48. The zero-order chi connectivity index (χ0) is 9.26. The van der Waals surface area contributed by atoms with E-state index < -0.39 is 0 Å². The summed E-state index contributed by atoms with van der Waals surface area (Å²) in [7, 11) is 0. The van der Waals surface area contributed by atoms with E-state index in [-0.39, 0.29) is 0 Å². The van der Waals surface area contributed by atoms with Crippen LogP contribution in [0.4, 0.5) is 5.00 Å². The normalized spacial score (nSPS) is 10.2. The smallest absolute Gasteiger partial charge is 0.127 e. The molecule has 0 aromatic carbocycles. The highest BCUT2D eigenvalue weighted by molar-refractivity contribution is 7.18. The molecule has 0 saturated carbocycles. The molecule has 0 saturated heterocycles. The number of nitrogens with two attached hydrogens (primary N) is 1. The molecule has 2 aromatic heterocycles. The Kier molecular flexibility index (Phi) is 1.98. The molecule has 3 nitrogen and oxygen atoms in total. The summed E-state index contributed by atoms with van der Waals surface area (Å²) in [4.78, 5) is 8.36. The first-order valence-corrected chi connectivity index (χ1v) is 4.72. The molecule has 0 spiro atoms. The molecule has 0 bridgehead atoms. The van der Waals surface area contributed by atoms with Gasteiger partial charge in [-0.15, -0.1) is 0 Å². The van der Waals surface area contributed by atoms with E-state index in [4.69, 9.17) is 5.73 Å². The van der Waals surface area contributed by atoms with Crippen molar-refractivity contribution in [3.63, 3.8) is 0 Å². The van der Waals surface area contributed by atoms with Gasteiger partial charge in [-0.05, 0) is 19.1 Å². The summed E-state index contributed by atoms with van der Waals surface area (Å²) in [6.45, 7) is 1.91. The van der Waals surface area contributed by atoms with Gasteiger partial charge in [-0.3, -0.25) is 4.98 Å². The van der Waals surface area contributed by atoms with Crippen molar-refractivity contribution in [3.8, 4) is 10.6 Å². The highest BCUT2D eigenvalue weighted by Gasteiger charge is 2.05. The van der Waals surface area contributed by atoms with Crippen molar-refractivity contribution in [2.45, 2.75) is 6.92 Å². The van der Waals surface area contributed by atoms with E-state index >= 15 is 0 Å². The third-order valence-electron chi connectivity index (χ3n) is 1.74. The topological polar surface area (TPSA) is 51.8 Å². The number of hydrogen-bond acceptors (Lipinski definition) is 4. The van der Waals surface area contributed by atoms with E-state index in [1.807, 2.05) is 19.1 Å². The minimum atomic E-state index is 0.777. The number of rotatable bonds is 1. The Morgan fingerprint density at radius 1 is 1.46 bits per heavy atom. The minimum Gasteiger partial charge on any atom is -0.389 e. The first kappa shape index (κ1) is 8.19. The maximum atomic E-state index is 5.71. The Labute approximate surface area is 80.3 Å². The Bertz CT molecular complexity index is 389. The molecule has 0 atom stereocenters. The molecule has 2 aromatic rings. The SMILES string of the molecule is Cc1nc(-c2cccnc2)sc1N. The van der Waals surface area contributed by atoms with E-state index in [1.54, 1.807) is 12.4 Å². The molecule has 2 heterocycles. The minimum absolute atomic E-state index is 0.777. The number of nitrogen functional groups attached to an aromatic ring is 1. The van der Waals surface area contributed by atoms with Crippen molar-refractivity contribution in [1.82, 2.24) is 9.97 Å². The molecule has 2 N–H and O–H groups in total. The molecule has 66 valence electrons.